The van der Waals surface area contributed by atoms with Crippen LogP contribution in [0.3, 0.4) is 0 Å². The Bertz CT molecular complexity index is 323. The SMILES string of the molecule is CC(C)OC(=O)c1ncccc1CO. The second-order valence-electron chi connectivity index (χ2n) is 3.12. The molecule has 4 nitrogen and oxygen atoms in total. The van der Waals surface area contributed by atoms with Gasteiger partial charge in [-0.05, 0) is 19.9 Å². The highest BCUT2D eigenvalue weighted by Gasteiger charge is 2.14. The van der Waals surface area contributed by atoms with Gasteiger partial charge in [-0.25, -0.2) is 9.78 Å². The smallest absolute Gasteiger partial charge is 0.357 e. The molecule has 1 N–H and O–H groups in total. The minimum atomic E-state index is -0.496. The molecule has 1 heterocycles. The molecule has 0 atom stereocenters. The van der Waals surface area contributed by atoms with Gasteiger partial charge in [-0.3, -0.25) is 0 Å². The van der Waals surface area contributed by atoms with Crippen LogP contribution in [-0.4, -0.2) is 22.2 Å². The standard InChI is InChI=1S/C10H13NO3/c1-7(2)14-10(13)9-8(6-12)4-3-5-11-9/h3-5,7,12H,6H2,1-2H3. The van der Waals surface area contributed by atoms with Crippen LogP contribution in [-0.2, 0) is 11.3 Å². The summed E-state index contributed by atoms with van der Waals surface area (Å²) in [5.74, 6) is -0.496. The van der Waals surface area contributed by atoms with Crippen LogP contribution < -0.4 is 0 Å². The highest BCUT2D eigenvalue weighted by Crippen LogP contribution is 2.07. The average Bonchev–Trinajstić information content (AvgIpc) is 2.16. The lowest BCUT2D eigenvalue weighted by molar-refractivity contribution is 0.0367. The van der Waals surface area contributed by atoms with E-state index < -0.39 is 5.97 Å². The van der Waals surface area contributed by atoms with Gasteiger partial charge in [-0.2, -0.15) is 0 Å². The number of nitrogens with zero attached hydrogens (tertiary/aromatic N) is 1. The number of rotatable bonds is 3. The van der Waals surface area contributed by atoms with Gasteiger partial charge in [-0.15, -0.1) is 0 Å². The number of ether oxygens (including phenoxy) is 1. The fourth-order valence-corrected chi connectivity index (χ4v) is 1.02. The summed E-state index contributed by atoms with van der Waals surface area (Å²) in [5, 5.41) is 8.95. The predicted octanol–water partition coefficient (Wildman–Crippen LogP) is 1.14. The van der Waals surface area contributed by atoms with E-state index in [4.69, 9.17) is 9.84 Å². The van der Waals surface area contributed by atoms with Crippen molar-refractivity contribution in [2.45, 2.75) is 26.6 Å². The van der Waals surface area contributed by atoms with Crippen LogP contribution in [0.25, 0.3) is 0 Å². The first kappa shape index (κ1) is 10.7. The largest absolute Gasteiger partial charge is 0.458 e. The quantitative estimate of drug-likeness (QED) is 0.735. The second kappa shape index (κ2) is 4.72. The van der Waals surface area contributed by atoms with Gasteiger partial charge in [0.2, 0.25) is 0 Å². The molecule has 0 amide bonds. The summed E-state index contributed by atoms with van der Waals surface area (Å²) in [6.07, 6.45) is 1.31. The maximum atomic E-state index is 11.4. The van der Waals surface area contributed by atoms with Crippen molar-refractivity contribution in [2.75, 3.05) is 0 Å². The Morgan fingerprint density at radius 1 is 1.64 bits per heavy atom. The average molecular weight is 195 g/mol. The number of aliphatic hydroxyl groups excluding tert-OH is 1. The number of pyridine rings is 1. The summed E-state index contributed by atoms with van der Waals surface area (Å²) >= 11 is 0. The summed E-state index contributed by atoms with van der Waals surface area (Å²) in [6.45, 7) is 3.31. The third kappa shape index (κ3) is 2.53. The number of carbonyl (C=O) groups excluding carboxylic acids is 1. The Hall–Kier alpha value is -1.42. The Morgan fingerprint density at radius 3 is 2.93 bits per heavy atom. The van der Waals surface area contributed by atoms with Gasteiger partial charge >= 0.3 is 5.97 Å². The highest BCUT2D eigenvalue weighted by atomic mass is 16.5. The number of esters is 1. The van der Waals surface area contributed by atoms with Crippen molar-refractivity contribution in [3.63, 3.8) is 0 Å². The first-order valence-electron chi connectivity index (χ1n) is 4.41. The van der Waals surface area contributed by atoms with Crippen LogP contribution in [0.2, 0.25) is 0 Å². The molecule has 4 heteroatoms. The summed E-state index contributed by atoms with van der Waals surface area (Å²) in [6, 6.07) is 3.31. The molecule has 0 bridgehead atoms. The van der Waals surface area contributed by atoms with Crippen LogP contribution >= 0.6 is 0 Å². The minimum Gasteiger partial charge on any atom is -0.458 e. The molecule has 0 fully saturated rings. The van der Waals surface area contributed by atoms with Crippen LogP contribution in [0.1, 0.15) is 29.9 Å². The monoisotopic (exact) mass is 195 g/mol. The molecule has 0 aliphatic carbocycles. The minimum absolute atomic E-state index is 0.184. The zero-order chi connectivity index (χ0) is 10.6. The van der Waals surface area contributed by atoms with Crippen LogP contribution in [0, 0.1) is 0 Å². The Kier molecular flexibility index (Phi) is 3.59. The van der Waals surface area contributed by atoms with Gasteiger partial charge in [0, 0.05) is 11.8 Å². The van der Waals surface area contributed by atoms with Crippen molar-refractivity contribution in [3.05, 3.63) is 29.6 Å². The van der Waals surface area contributed by atoms with E-state index in [0.717, 1.165) is 0 Å². The topological polar surface area (TPSA) is 59.4 Å². The number of carbonyl (C=O) groups is 1. The zero-order valence-electron chi connectivity index (χ0n) is 8.23. The van der Waals surface area contributed by atoms with E-state index in [1.165, 1.54) is 6.20 Å². The third-order valence-electron chi connectivity index (χ3n) is 1.60. The Balaban J connectivity index is 2.88. The zero-order valence-corrected chi connectivity index (χ0v) is 8.23. The second-order valence-corrected chi connectivity index (χ2v) is 3.12. The molecule has 0 aliphatic heterocycles. The van der Waals surface area contributed by atoms with Crippen molar-refractivity contribution in [1.82, 2.24) is 4.98 Å². The van der Waals surface area contributed by atoms with Crippen molar-refractivity contribution in [2.24, 2.45) is 0 Å². The summed E-state index contributed by atoms with van der Waals surface area (Å²) < 4.78 is 4.97. The van der Waals surface area contributed by atoms with E-state index in [1.54, 1.807) is 26.0 Å². The molecule has 0 saturated carbocycles. The molecule has 14 heavy (non-hydrogen) atoms. The molecule has 1 aromatic rings. The van der Waals surface area contributed by atoms with E-state index >= 15 is 0 Å². The molecular weight excluding hydrogens is 182 g/mol. The van der Waals surface area contributed by atoms with Gasteiger partial charge < -0.3 is 9.84 Å². The lowest BCUT2D eigenvalue weighted by atomic mass is 10.2. The third-order valence-corrected chi connectivity index (χ3v) is 1.60. The summed E-state index contributed by atoms with van der Waals surface area (Å²) in [5.41, 5.74) is 0.668. The Labute approximate surface area is 82.5 Å². The fourth-order valence-electron chi connectivity index (χ4n) is 1.02. The van der Waals surface area contributed by atoms with E-state index in [9.17, 15) is 4.79 Å². The van der Waals surface area contributed by atoms with Crippen molar-refractivity contribution in [1.29, 1.82) is 0 Å². The molecule has 1 rings (SSSR count). The van der Waals surface area contributed by atoms with Crippen LogP contribution in [0.15, 0.2) is 18.3 Å². The molecule has 0 aliphatic rings. The van der Waals surface area contributed by atoms with Gasteiger partial charge in [0.25, 0.3) is 0 Å². The molecule has 1 aromatic heterocycles. The van der Waals surface area contributed by atoms with Crippen molar-refractivity contribution in [3.8, 4) is 0 Å². The maximum Gasteiger partial charge on any atom is 0.357 e. The summed E-state index contributed by atoms with van der Waals surface area (Å²) in [4.78, 5) is 15.3. The van der Waals surface area contributed by atoms with Crippen molar-refractivity contribution >= 4 is 5.97 Å². The van der Waals surface area contributed by atoms with E-state index in [-0.39, 0.29) is 18.4 Å². The normalized spacial score (nSPS) is 10.3. The number of hydrogen-bond donors (Lipinski definition) is 1. The van der Waals surface area contributed by atoms with E-state index in [0.29, 0.717) is 5.56 Å². The molecule has 0 radical (unpaired) electrons. The fraction of sp³-hybridized carbons (Fsp3) is 0.400. The lowest BCUT2D eigenvalue weighted by Gasteiger charge is -2.09. The van der Waals surface area contributed by atoms with E-state index in [1.807, 2.05) is 0 Å². The molecule has 0 saturated heterocycles. The predicted molar refractivity (Wildman–Crippen MR) is 50.7 cm³/mol. The van der Waals surface area contributed by atoms with Crippen LogP contribution in [0.4, 0.5) is 0 Å². The number of aromatic nitrogens is 1. The van der Waals surface area contributed by atoms with E-state index in [2.05, 4.69) is 4.98 Å². The molecule has 0 aromatic carbocycles. The summed E-state index contributed by atoms with van der Waals surface area (Å²) in [7, 11) is 0. The number of hydrogen-bond acceptors (Lipinski definition) is 4. The molecule has 0 unspecified atom stereocenters. The van der Waals surface area contributed by atoms with Gasteiger partial charge in [0.05, 0.1) is 12.7 Å². The first-order chi connectivity index (χ1) is 6.65. The van der Waals surface area contributed by atoms with Gasteiger partial charge in [-0.1, -0.05) is 6.07 Å². The van der Waals surface area contributed by atoms with Gasteiger partial charge in [0.1, 0.15) is 0 Å². The van der Waals surface area contributed by atoms with Gasteiger partial charge in [0.15, 0.2) is 5.69 Å². The number of aliphatic hydroxyl groups is 1. The highest BCUT2D eigenvalue weighted by molar-refractivity contribution is 5.88. The molecule has 76 valence electrons. The lowest BCUT2D eigenvalue weighted by Crippen LogP contribution is -2.15. The first-order valence-corrected chi connectivity index (χ1v) is 4.41. The molecular formula is C10H13NO3. The molecule has 0 spiro atoms. The maximum absolute atomic E-state index is 11.4. The van der Waals surface area contributed by atoms with Crippen LogP contribution in [0.5, 0.6) is 0 Å². The Morgan fingerprint density at radius 2 is 2.36 bits per heavy atom. The van der Waals surface area contributed by atoms with Crippen molar-refractivity contribution < 1.29 is 14.6 Å².